The third-order valence-electron chi connectivity index (χ3n) is 3.04. The van der Waals surface area contributed by atoms with E-state index in [9.17, 15) is 4.79 Å². The molecular formula is C15H12N2O2. The molecule has 0 bridgehead atoms. The molecule has 3 rings (SSSR count). The van der Waals surface area contributed by atoms with Gasteiger partial charge in [-0.2, -0.15) is 0 Å². The number of hydrogen-bond acceptors (Lipinski definition) is 3. The molecule has 19 heavy (non-hydrogen) atoms. The normalized spacial score (nSPS) is 10.6. The summed E-state index contributed by atoms with van der Waals surface area (Å²) in [5.41, 5.74) is 1.43. The Bertz CT molecular complexity index is 747. The molecule has 1 N–H and O–H groups in total. The lowest BCUT2D eigenvalue weighted by atomic mass is 10.1. The molecule has 0 atom stereocenters. The Morgan fingerprint density at radius 2 is 1.95 bits per heavy atom. The maximum atomic E-state index is 10.6. The molecule has 0 unspecified atom stereocenters. The van der Waals surface area contributed by atoms with Gasteiger partial charge < -0.3 is 9.72 Å². The lowest BCUT2D eigenvalue weighted by Crippen LogP contribution is -1.85. The highest BCUT2D eigenvalue weighted by Crippen LogP contribution is 2.25. The van der Waals surface area contributed by atoms with Gasteiger partial charge in [-0.25, -0.2) is 4.98 Å². The summed E-state index contributed by atoms with van der Waals surface area (Å²) in [6.45, 7) is 0. The number of ether oxygens (including phenoxy) is 1. The molecule has 0 radical (unpaired) electrons. The van der Waals surface area contributed by atoms with Gasteiger partial charge >= 0.3 is 0 Å². The molecule has 1 heterocycles. The molecular weight excluding hydrogens is 240 g/mol. The Labute approximate surface area is 110 Å². The second-order valence-corrected chi connectivity index (χ2v) is 4.23. The van der Waals surface area contributed by atoms with Crippen molar-refractivity contribution in [3.8, 4) is 17.1 Å². The highest BCUT2D eigenvalue weighted by Gasteiger charge is 2.04. The van der Waals surface area contributed by atoms with E-state index in [1.807, 2.05) is 36.4 Å². The topological polar surface area (TPSA) is 55.0 Å². The molecule has 2 aromatic carbocycles. The van der Waals surface area contributed by atoms with Gasteiger partial charge in [-0.3, -0.25) is 4.79 Å². The van der Waals surface area contributed by atoms with Crippen molar-refractivity contribution >= 4 is 17.1 Å². The molecule has 0 saturated carbocycles. The summed E-state index contributed by atoms with van der Waals surface area (Å²) in [4.78, 5) is 17.8. The van der Waals surface area contributed by atoms with Crippen LogP contribution in [-0.2, 0) is 0 Å². The summed E-state index contributed by atoms with van der Waals surface area (Å²) in [6.07, 6.45) is 2.28. The fourth-order valence-corrected chi connectivity index (χ4v) is 2.04. The first kappa shape index (κ1) is 11.5. The summed E-state index contributed by atoms with van der Waals surface area (Å²) < 4.78 is 5.20. The van der Waals surface area contributed by atoms with E-state index in [1.165, 1.54) is 6.20 Å². The minimum atomic E-state index is 0.477. The number of nitrogens with one attached hydrogen (secondary N) is 1. The zero-order valence-electron chi connectivity index (χ0n) is 10.4. The van der Waals surface area contributed by atoms with Crippen molar-refractivity contribution in [2.24, 2.45) is 0 Å². The van der Waals surface area contributed by atoms with E-state index < -0.39 is 0 Å². The van der Waals surface area contributed by atoms with Gasteiger partial charge in [0, 0.05) is 5.56 Å². The minimum absolute atomic E-state index is 0.477. The Balaban J connectivity index is 2.08. The molecule has 0 saturated heterocycles. The highest BCUT2D eigenvalue weighted by molar-refractivity contribution is 5.87. The number of carbonyl (C=O) groups is 1. The second-order valence-electron chi connectivity index (χ2n) is 4.23. The van der Waals surface area contributed by atoms with E-state index in [2.05, 4.69) is 9.97 Å². The number of benzene rings is 2. The van der Waals surface area contributed by atoms with Gasteiger partial charge in [0.1, 0.15) is 11.6 Å². The van der Waals surface area contributed by atoms with Gasteiger partial charge in [0.25, 0.3) is 0 Å². The molecule has 1 aromatic heterocycles. The van der Waals surface area contributed by atoms with E-state index in [-0.39, 0.29) is 0 Å². The fraction of sp³-hybridized carbons (Fsp3) is 0.0667. The summed E-state index contributed by atoms with van der Waals surface area (Å²) >= 11 is 0. The average Bonchev–Trinajstić information content (AvgIpc) is 2.95. The number of aldehydes is 1. The third-order valence-corrected chi connectivity index (χ3v) is 3.04. The van der Waals surface area contributed by atoms with Crippen LogP contribution in [0.15, 0.2) is 42.6 Å². The number of imidazole rings is 1. The standard InChI is InChI=1S/C15H12N2O2/c1-19-14-5-4-10-6-12(3-2-11(10)7-14)15-16-8-13(9-18)17-15/h2-9H,1H3,(H,16,17). The molecule has 4 nitrogen and oxygen atoms in total. The highest BCUT2D eigenvalue weighted by atomic mass is 16.5. The number of hydrogen-bond donors (Lipinski definition) is 1. The van der Waals surface area contributed by atoms with Crippen LogP contribution < -0.4 is 4.74 Å². The number of H-pyrrole nitrogens is 1. The summed E-state index contributed by atoms with van der Waals surface area (Å²) in [5, 5.41) is 2.20. The van der Waals surface area contributed by atoms with Crippen LogP contribution in [0.1, 0.15) is 10.5 Å². The molecule has 0 amide bonds. The molecule has 0 aliphatic rings. The number of rotatable bonds is 3. The van der Waals surface area contributed by atoms with Gasteiger partial charge in [0.05, 0.1) is 19.0 Å². The van der Waals surface area contributed by atoms with Crippen LogP contribution in [0.5, 0.6) is 5.75 Å². The van der Waals surface area contributed by atoms with Crippen LogP contribution in [0.4, 0.5) is 0 Å². The van der Waals surface area contributed by atoms with Gasteiger partial charge in [0.2, 0.25) is 0 Å². The Hall–Kier alpha value is -2.62. The molecule has 0 fully saturated rings. The zero-order valence-corrected chi connectivity index (χ0v) is 10.4. The quantitative estimate of drug-likeness (QED) is 0.729. The van der Waals surface area contributed by atoms with Crippen molar-refractivity contribution < 1.29 is 9.53 Å². The lowest BCUT2D eigenvalue weighted by molar-refractivity contribution is 0.111. The van der Waals surface area contributed by atoms with Crippen molar-refractivity contribution in [3.05, 3.63) is 48.3 Å². The van der Waals surface area contributed by atoms with Gasteiger partial charge in [-0.1, -0.05) is 18.2 Å². The number of aromatic nitrogens is 2. The fourth-order valence-electron chi connectivity index (χ4n) is 2.04. The molecule has 4 heteroatoms. The second kappa shape index (κ2) is 4.57. The van der Waals surface area contributed by atoms with Crippen LogP contribution in [0.2, 0.25) is 0 Å². The van der Waals surface area contributed by atoms with E-state index in [4.69, 9.17) is 4.74 Å². The van der Waals surface area contributed by atoms with Crippen LogP contribution in [-0.4, -0.2) is 23.4 Å². The van der Waals surface area contributed by atoms with Crippen LogP contribution in [0, 0.1) is 0 Å². The monoisotopic (exact) mass is 252 g/mol. The SMILES string of the molecule is COc1ccc2cc(-c3ncc(C=O)[nH]3)ccc2c1. The summed E-state index contributed by atoms with van der Waals surface area (Å²) in [7, 11) is 1.65. The van der Waals surface area contributed by atoms with Crippen molar-refractivity contribution in [2.75, 3.05) is 7.11 Å². The van der Waals surface area contributed by atoms with Gasteiger partial charge in [-0.15, -0.1) is 0 Å². The van der Waals surface area contributed by atoms with Crippen molar-refractivity contribution in [1.82, 2.24) is 9.97 Å². The molecule has 94 valence electrons. The lowest BCUT2D eigenvalue weighted by Gasteiger charge is -2.04. The molecule has 0 aliphatic carbocycles. The van der Waals surface area contributed by atoms with Crippen LogP contribution in [0.25, 0.3) is 22.2 Å². The first-order valence-electron chi connectivity index (χ1n) is 5.88. The maximum absolute atomic E-state index is 10.6. The van der Waals surface area contributed by atoms with E-state index >= 15 is 0 Å². The van der Waals surface area contributed by atoms with E-state index in [0.717, 1.165) is 28.4 Å². The third kappa shape index (κ3) is 2.08. The smallest absolute Gasteiger partial charge is 0.167 e. The molecule has 0 aliphatic heterocycles. The van der Waals surface area contributed by atoms with Crippen LogP contribution >= 0.6 is 0 Å². The Morgan fingerprint density at radius 3 is 2.68 bits per heavy atom. The predicted molar refractivity (Wildman–Crippen MR) is 73.5 cm³/mol. The first-order chi connectivity index (χ1) is 9.30. The van der Waals surface area contributed by atoms with Gasteiger partial charge in [-0.05, 0) is 29.0 Å². The number of carbonyl (C=O) groups excluding carboxylic acids is 1. The number of fused-ring (bicyclic) bond motifs is 1. The molecule has 3 aromatic rings. The van der Waals surface area contributed by atoms with Crippen molar-refractivity contribution in [2.45, 2.75) is 0 Å². The Morgan fingerprint density at radius 1 is 1.16 bits per heavy atom. The van der Waals surface area contributed by atoms with Crippen LogP contribution in [0.3, 0.4) is 0 Å². The number of nitrogens with zero attached hydrogens (tertiary/aromatic N) is 1. The largest absolute Gasteiger partial charge is 0.497 e. The number of methoxy groups -OCH3 is 1. The minimum Gasteiger partial charge on any atom is -0.497 e. The van der Waals surface area contributed by atoms with Crippen molar-refractivity contribution in [3.63, 3.8) is 0 Å². The van der Waals surface area contributed by atoms with Gasteiger partial charge in [0.15, 0.2) is 6.29 Å². The first-order valence-corrected chi connectivity index (χ1v) is 5.88. The number of aromatic amines is 1. The Kier molecular flexibility index (Phi) is 2.76. The maximum Gasteiger partial charge on any atom is 0.167 e. The summed E-state index contributed by atoms with van der Waals surface area (Å²) in [5.74, 6) is 1.53. The van der Waals surface area contributed by atoms with E-state index in [1.54, 1.807) is 7.11 Å². The zero-order chi connectivity index (χ0) is 13.2. The van der Waals surface area contributed by atoms with E-state index in [0.29, 0.717) is 11.5 Å². The predicted octanol–water partition coefficient (Wildman–Crippen LogP) is 3.05. The van der Waals surface area contributed by atoms with Crippen molar-refractivity contribution in [1.29, 1.82) is 0 Å². The molecule has 0 spiro atoms. The summed E-state index contributed by atoms with van der Waals surface area (Å²) in [6, 6.07) is 11.9. The average molecular weight is 252 g/mol.